The smallest absolute Gasteiger partial charge is 0.161 e. The fraction of sp³-hybridized carbons (Fsp3) is 0.462. The number of ether oxygens (including phenoxy) is 1. The summed E-state index contributed by atoms with van der Waals surface area (Å²) < 4.78 is 6.24. The zero-order chi connectivity index (χ0) is 13.2. The number of anilines is 1. The molecule has 18 heavy (non-hydrogen) atoms. The van der Waals surface area contributed by atoms with Gasteiger partial charge in [0.25, 0.3) is 0 Å². The van der Waals surface area contributed by atoms with Gasteiger partial charge in [-0.3, -0.25) is 4.99 Å². The van der Waals surface area contributed by atoms with Crippen LogP contribution in [0.25, 0.3) is 0 Å². The second kappa shape index (κ2) is 5.53. The van der Waals surface area contributed by atoms with Crippen LogP contribution in [0.1, 0.15) is 20.3 Å². The second-order valence-electron chi connectivity index (χ2n) is 4.56. The molecule has 0 spiro atoms. The summed E-state index contributed by atoms with van der Waals surface area (Å²) in [6, 6.07) is 5.92. The minimum absolute atomic E-state index is 0.0725. The fourth-order valence-corrected chi connectivity index (χ4v) is 3.32. The third-order valence-corrected chi connectivity index (χ3v) is 4.70. The van der Waals surface area contributed by atoms with E-state index in [9.17, 15) is 0 Å². The molecule has 1 atom stereocenters. The molecule has 0 aromatic heterocycles. The van der Waals surface area contributed by atoms with Gasteiger partial charge in [0.05, 0.1) is 12.6 Å². The van der Waals surface area contributed by atoms with Crippen LogP contribution >= 0.6 is 27.7 Å². The average molecular weight is 329 g/mol. The van der Waals surface area contributed by atoms with Crippen LogP contribution in [0.15, 0.2) is 27.7 Å². The lowest BCUT2D eigenvalue weighted by molar-refractivity contribution is 0.415. The summed E-state index contributed by atoms with van der Waals surface area (Å²) >= 11 is 5.24. The Morgan fingerprint density at radius 1 is 1.50 bits per heavy atom. The Labute approximate surface area is 121 Å². The van der Waals surface area contributed by atoms with Crippen molar-refractivity contribution in [3.63, 3.8) is 0 Å². The van der Waals surface area contributed by atoms with E-state index in [2.05, 4.69) is 35.1 Å². The number of nitrogens with zero attached hydrogens (tertiary/aromatic N) is 1. The number of nitrogens with one attached hydrogen (secondary N) is 1. The molecule has 3 nitrogen and oxygen atoms in total. The molecule has 1 aromatic rings. The Morgan fingerprint density at radius 3 is 2.89 bits per heavy atom. The zero-order valence-corrected chi connectivity index (χ0v) is 13.2. The van der Waals surface area contributed by atoms with E-state index in [0.29, 0.717) is 0 Å². The van der Waals surface area contributed by atoms with E-state index in [-0.39, 0.29) is 5.54 Å². The highest BCUT2D eigenvalue weighted by Crippen LogP contribution is 2.32. The van der Waals surface area contributed by atoms with Gasteiger partial charge >= 0.3 is 0 Å². The number of aliphatic imine (C=N–C) groups is 1. The first-order chi connectivity index (χ1) is 8.54. The topological polar surface area (TPSA) is 33.6 Å². The molecule has 0 radical (unpaired) electrons. The molecule has 2 rings (SSSR count). The molecule has 5 heteroatoms. The van der Waals surface area contributed by atoms with Crippen LogP contribution < -0.4 is 10.1 Å². The van der Waals surface area contributed by atoms with Crippen molar-refractivity contribution in [2.75, 3.05) is 18.2 Å². The predicted octanol–water partition coefficient (Wildman–Crippen LogP) is 4.14. The monoisotopic (exact) mass is 328 g/mol. The van der Waals surface area contributed by atoms with Gasteiger partial charge in [-0.2, -0.15) is 0 Å². The molecule has 1 unspecified atom stereocenters. The molecule has 0 saturated heterocycles. The third-order valence-electron chi connectivity index (χ3n) is 3.01. The van der Waals surface area contributed by atoms with Crippen molar-refractivity contribution in [1.29, 1.82) is 0 Å². The van der Waals surface area contributed by atoms with Crippen molar-refractivity contribution in [3.8, 4) is 5.75 Å². The molecule has 1 N–H and O–H groups in total. The summed E-state index contributed by atoms with van der Waals surface area (Å²) in [6.07, 6.45) is 1.06. The van der Waals surface area contributed by atoms with Gasteiger partial charge in [0.15, 0.2) is 5.17 Å². The molecular weight excluding hydrogens is 312 g/mol. The van der Waals surface area contributed by atoms with Gasteiger partial charge in [-0.1, -0.05) is 34.6 Å². The molecule has 98 valence electrons. The van der Waals surface area contributed by atoms with Gasteiger partial charge in [0, 0.05) is 22.0 Å². The molecule has 0 aliphatic carbocycles. The molecule has 0 bridgehead atoms. The van der Waals surface area contributed by atoms with Gasteiger partial charge in [-0.15, -0.1) is 0 Å². The Bertz CT molecular complexity index is 478. The number of hydrogen-bond acceptors (Lipinski definition) is 4. The van der Waals surface area contributed by atoms with Crippen molar-refractivity contribution in [2.24, 2.45) is 4.99 Å². The number of rotatable bonds is 3. The first-order valence-corrected chi connectivity index (χ1v) is 7.67. The maximum absolute atomic E-state index is 5.25. The van der Waals surface area contributed by atoms with E-state index in [1.165, 1.54) is 0 Å². The maximum atomic E-state index is 5.25. The Kier molecular flexibility index (Phi) is 4.22. The standard InChI is InChI=1S/C13H17BrN2OS/c1-4-13(2)8-18-12(16-13)15-10-5-9(14)6-11(7-10)17-3/h5-7H,4,8H2,1-3H3,(H,15,16). The molecule has 0 amide bonds. The number of benzene rings is 1. The lowest BCUT2D eigenvalue weighted by Gasteiger charge is -2.15. The fourth-order valence-electron chi connectivity index (χ4n) is 1.65. The van der Waals surface area contributed by atoms with E-state index in [1.807, 2.05) is 18.2 Å². The summed E-state index contributed by atoms with van der Waals surface area (Å²) in [4.78, 5) is 4.73. The predicted molar refractivity (Wildman–Crippen MR) is 82.9 cm³/mol. The van der Waals surface area contributed by atoms with Crippen LogP contribution in [0.4, 0.5) is 5.69 Å². The van der Waals surface area contributed by atoms with Crippen molar-refractivity contribution in [1.82, 2.24) is 0 Å². The highest BCUT2D eigenvalue weighted by molar-refractivity contribution is 9.10. The van der Waals surface area contributed by atoms with Crippen molar-refractivity contribution in [3.05, 3.63) is 22.7 Å². The van der Waals surface area contributed by atoms with Crippen LogP contribution in [0.3, 0.4) is 0 Å². The third kappa shape index (κ3) is 3.20. The molecule has 1 aliphatic rings. The second-order valence-corrected chi connectivity index (χ2v) is 6.44. The first-order valence-electron chi connectivity index (χ1n) is 5.89. The van der Waals surface area contributed by atoms with Crippen molar-refractivity contribution >= 4 is 38.5 Å². The van der Waals surface area contributed by atoms with E-state index in [4.69, 9.17) is 9.73 Å². The lowest BCUT2D eigenvalue weighted by atomic mass is 10.0. The number of halogens is 1. The largest absolute Gasteiger partial charge is 0.497 e. The zero-order valence-electron chi connectivity index (χ0n) is 10.8. The van der Waals surface area contributed by atoms with Crippen LogP contribution in [0.5, 0.6) is 5.75 Å². The van der Waals surface area contributed by atoms with Crippen LogP contribution in [0.2, 0.25) is 0 Å². The quantitative estimate of drug-likeness (QED) is 0.905. The number of hydrogen-bond donors (Lipinski definition) is 1. The molecule has 1 aliphatic heterocycles. The molecule has 1 aromatic carbocycles. The van der Waals surface area contributed by atoms with Gasteiger partial charge < -0.3 is 10.1 Å². The highest BCUT2D eigenvalue weighted by atomic mass is 79.9. The lowest BCUT2D eigenvalue weighted by Crippen LogP contribution is -2.20. The van der Waals surface area contributed by atoms with Gasteiger partial charge in [-0.05, 0) is 25.5 Å². The molecule has 1 heterocycles. The normalized spacial score (nSPS) is 22.8. The van der Waals surface area contributed by atoms with E-state index in [0.717, 1.165) is 33.3 Å². The summed E-state index contributed by atoms with van der Waals surface area (Å²) in [5.74, 6) is 1.87. The van der Waals surface area contributed by atoms with Crippen LogP contribution in [-0.2, 0) is 0 Å². The molecule has 0 fully saturated rings. The van der Waals surface area contributed by atoms with E-state index < -0.39 is 0 Å². The molecule has 0 saturated carbocycles. The van der Waals surface area contributed by atoms with E-state index >= 15 is 0 Å². The first kappa shape index (κ1) is 13.7. The Balaban J connectivity index is 2.15. The van der Waals surface area contributed by atoms with Gasteiger partial charge in [0.2, 0.25) is 0 Å². The summed E-state index contributed by atoms with van der Waals surface area (Å²) in [6.45, 7) is 4.37. The van der Waals surface area contributed by atoms with Gasteiger partial charge in [0.1, 0.15) is 5.75 Å². The van der Waals surface area contributed by atoms with Crippen LogP contribution in [-0.4, -0.2) is 23.6 Å². The van der Waals surface area contributed by atoms with Crippen molar-refractivity contribution in [2.45, 2.75) is 25.8 Å². The Hall–Kier alpha value is -0.680. The minimum Gasteiger partial charge on any atom is -0.497 e. The van der Waals surface area contributed by atoms with E-state index in [1.54, 1.807) is 18.9 Å². The average Bonchev–Trinajstić information content (AvgIpc) is 2.71. The number of amidine groups is 1. The number of thioether (sulfide) groups is 1. The maximum Gasteiger partial charge on any atom is 0.161 e. The Morgan fingerprint density at radius 2 is 2.28 bits per heavy atom. The summed E-state index contributed by atoms with van der Waals surface area (Å²) in [7, 11) is 1.67. The SMILES string of the molecule is CCC1(C)CSC(Nc2cc(Br)cc(OC)c2)=N1. The van der Waals surface area contributed by atoms with Gasteiger partial charge in [-0.25, -0.2) is 0 Å². The van der Waals surface area contributed by atoms with Crippen molar-refractivity contribution < 1.29 is 4.74 Å². The number of methoxy groups -OCH3 is 1. The molecular formula is C13H17BrN2OS. The highest BCUT2D eigenvalue weighted by Gasteiger charge is 2.28. The van der Waals surface area contributed by atoms with Crippen LogP contribution in [0, 0.1) is 0 Å². The summed E-state index contributed by atoms with van der Waals surface area (Å²) in [5.41, 5.74) is 1.07. The minimum atomic E-state index is 0.0725. The summed E-state index contributed by atoms with van der Waals surface area (Å²) in [5, 5.41) is 4.33.